The van der Waals surface area contributed by atoms with Crippen LogP contribution in [0.5, 0.6) is 0 Å². The lowest BCUT2D eigenvalue weighted by Gasteiger charge is -2.11. The third-order valence-electron chi connectivity index (χ3n) is 2.01. The molecule has 0 amide bonds. The van der Waals surface area contributed by atoms with Crippen molar-refractivity contribution >= 4 is 24.0 Å². The fourth-order valence-corrected chi connectivity index (χ4v) is 1.52. The van der Waals surface area contributed by atoms with Crippen molar-refractivity contribution in [2.75, 3.05) is 6.54 Å². The van der Waals surface area contributed by atoms with Crippen LogP contribution in [0.1, 0.15) is 19.4 Å². The summed E-state index contributed by atoms with van der Waals surface area (Å²) in [4.78, 5) is 0. The van der Waals surface area contributed by atoms with Crippen LogP contribution in [0, 0.1) is 0 Å². The molecule has 0 saturated heterocycles. The van der Waals surface area contributed by atoms with Crippen molar-refractivity contribution in [2.45, 2.75) is 26.3 Å². The monoisotopic (exact) mass is 233 g/mol. The summed E-state index contributed by atoms with van der Waals surface area (Å²) in [5.74, 6) is 0. The molecule has 1 nitrogen and oxygen atoms in total. The largest absolute Gasteiger partial charge is 0.314 e. The lowest BCUT2D eigenvalue weighted by Crippen LogP contribution is -2.27. The molecule has 0 heterocycles. The van der Waals surface area contributed by atoms with Crippen molar-refractivity contribution in [3.63, 3.8) is 0 Å². The van der Waals surface area contributed by atoms with Crippen molar-refractivity contribution in [2.24, 2.45) is 0 Å². The molecule has 3 heteroatoms. The van der Waals surface area contributed by atoms with Gasteiger partial charge in [0.2, 0.25) is 0 Å². The topological polar surface area (TPSA) is 12.0 Å². The smallest absolute Gasteiger partial charge is 0.0406 e. The van der Waals surface area contributed by atoms with Gasteiger partial charge in [0.05, 0.1) is 0 Å². The highest BCUT2D eigenvalue weighted by molar-refractivity contribution is 6.30. The van der Waals surface area contributed by atoms with Crippen molar-refractivity contribution in [3.05, 3.63) is 34.9 Å². The van der Waals surface area contributed by atoms with Crippen LogP contribution >= 0.6 is 24.0 Å². The summed E-state index contributed by atoms with van der Waals surface area (Å²) in [6, 6.07) is 8.57. The Morgan fingerprint density at radius 2 is 1.86 bits per heavy atom. The first-order valence-corrected chi connectivity index (χ1v) is 5.08. The van der Waals surface area contributed by atoms with Crippen molar-refractivity contribution in [1.82, 2.24) is 5.32 Å². The molecule has 0 bridgehead atoms. The summed E-state index contributed by atoms with van der Waals surface area (Å²) in [5, 5.41) is 4.18. The Morgan fingerprint density at radius 3 is 2.36 bits per heavy atom. The summed E-state index contributed by atoms with van der Waals surface area (Å²) in [5.41, 5.74) is 1.33. The highest BCUT2D eigenvalue weighted by Crippen LogP contribution is 2.10. The van der Waals surface area contributed by atoms with E-state index >= 15 is 0 Å². The van der Waals surface area contributed by atoms with Gasteiger partial charge in [0.25, 0.3) is 0 Å². The van der Waals surface area contributed by atoms with Crippen LogP contribution in [-0.2, 0) is 6.42 Å². The molecule has 14 heavy (non-hydrogen) atoms. The Hall–Kier alpha value is -0.240. The van der Waals surface area contributed by atoms with Gasteiger partial charge in [-0.15, -0.1) is 12.4 Å². The van der Waals surface area contributed by atoms with Gasteiger partial charge in [-0.25, -0.2) is 0 Å². The molecule has 0 fully saturated rings. The molecular weight excluding hydrogens is 217 g/mol. The van der Waals surface area contributed by atoms with E-state index in [1.54, 1.807) is 0 Å². The first-order valence-electron chi connectivity index (χ1n) is 4.70. The second kappa shape index (κ2) is 7.10. The summed E-state index contributed by atoms with van der Waals surface area (Å²) in [6.07, 6.45) is 1.06. The van der Waals surface area contributed by atoms with Crippen molar-refractivity contribution < 1.29 is 0 Å². The maximum atomic E-state index is 5.79. The van der Waals surface area contributed by atoms with Crippen molar-refractivity contribution in [1.29, 1.82) is 0 Å². The van der Waals surface area contributed by atoms with Crippen LogP contribution in [0.25, 0.3) is 0 Å². The predicted molar refractivity (Wildman–Crippen MR) is 65.5 cm³/mol. The number of nitrogens with one attached hydrogen (secondary N) is 1. The van der Waals surface area contributed by atoms with E-state index in [0.717, 1.165) is 18.0 Å². The number of rotatable bonds is 4. The molecule has 0 radical (unpaired) electrons. The van der Waals surface area contributed by atoms with Gasteiger partial charge in [-0.2, -0.15) is 0 Å². The minimum atomic E-state index is 0. The van der Waals surface area contributed by atoms with Gasteiger partial charge in [-0.3, -0.25) is 0 Å². The zero-order chi connectivity index (χ0) is 9.68. The van der Waals surface area contributed by atoms with E-state index in [4.69, 9.17) is 11.6 Å². The molecule has 1 aromatic rings. The molecule has 1 atom stereocenters. The molecule has 1 aromatic carbocycles. The Labute approximate surface area is 97.3 Å². The van der Waals surface area contributed by atoms with Gasteiger partial charge in [0, 0.05) is 11.1 Å². The number of likely N-dealkylation sites (N-methyl/N-ethyl adjacent to an activating group) is 1. The van der Waals surface area contributed by atoms with Gasteiger partial charge in [0.1, 0.15) is 0 Å². The molecule has 1 rings (SSSR count). The van der Waals surface area contributed by atoms with Crippen LogP contribution in [0.15, 0.2) is 24.3 Å². The average Bonchev–Trinajstić information content (AvgIpc) is 2.09. The molecule has 0 aliphatic heterocycles. The van der Waals surface area contributed by atoms with Crippen LogP contribution in [-0.4, -0.2) is 12.6 Å². The molecule has 1 unspecified atom stereocenters. The normalized spacial score (nSPS) is 11.9. The summed E-state index contributed by atoms with van der Waals surface area (Å²) in [6.45, 7) is 5.34. The van der Waals surface area contributed by atoms with Crippen LogP contribution in [0.3, 0.4) is 0 Å². The Bertz CT molecular complexity index is 246. The summed E-state index contributed by atoms with van der Waals surface area (Å²) >= 11 is 5.79. The predicted octanol–water partition coefficient (Wildman–Crippen LogP) is 3.30. The van der Waals surface area contributed by atoms with Gasteiger partial charge in [0.15, 0.2) is 0 Å². The fraction of sp³-hybridized carbons (Fsp3) is 0.455. The minimum absolute atomic E-state index is 0. The highest BCUT2D eigenvalue weighted by Gasteiger charge is 2.00. The standard InChI is InChI=1S/C11H16ClN.ClH/c1-3-13-9(2)8-10-4-6-11(12)7-5-10;/h4-7,9,13H,3,8H2,1-2H3;1H. The van der Waals surface area contributed by atoms with Gasteiger partial charge in [-0.1, -0.05) is 30.7 Å². The lowest BCUT2D eigenvalue weighted by molar-refractivity contribution is 0.565. The molecule has 1 N–H and O–H groups in total. The van der Waals surface area contributed by atoms with E-state index < -0.39 is 0 Å². The molecule has 0 aliphatic carbocycles. The Morgan fingerprint density at radius 1 is 1.29 bits per heavy atom. The number of halogens is 2. The molecule has 0 aliphatic rings. The summed E-state index contributed by atoms with van der Waals surface area (Å²) < 4.78 is 0. The van der Waals surface area contributed by atoms with Crippen LogP contribution in [0.2, 0.25) is 5.02 Å². The van der Waals surface area contributed by atoms with E-state index in [0.29, 0.717) is 6.04 Å². The van der Waals surface area contributed by atoms with E-state index in [1.807, 2.05) is 12.1 Å². The average molecular weight is 234 g/mol. The first kappa shape index (κ1) is 13.8. The van der Waals surface area contributed by atoms with E-state index in [9.17, 15) is 0 Å². The zero-order valence-electron chi connectivity index (χ0n) is 8.59. The molecule has 0 aromatic heterocycles. The number of hydrogen-bond acceptors (Lipinski definition) is 1. The third kappa shape index (κ3) is 4.85. The molecule has 0 saturated carbocycles. The van der Waals surface area contributed by atoms with Crippen LogP contribution < -0.4 is 5.32 Å². The maximum Gasteiger partial charge on any atom is 0.0406 e. The van der Waals surface area contributed by atoms with E-state index in [2.05, 4.69) is 31.3 Å². The molecule has 80 valence electrons. The molecular formula is C11H17Cl2N. The SMILES string of the molecule is CCNC(C)Cc1ccc(Cl)cc1.Cl. The van der Waals surface area contributed by atoms with Gasteiger partial charge < -0.3 is 5.32 Å². The maximum absolute atomic E-state index is 5.79. The quantitative estimate of drug-likeness (QED) is 0.842. The van der Waals surface area contributed by atoms with E-state index in [1.165, 1.54) is 5.56 Å². The van der Waals surface area contributed by atoms with Gasteiger partial charge >= 0.3 is 0 Å². The zero-order valence-corrected chi connectivity index (χ0v) is 10.2. The number of hydrogen-bond donors (Lipinski definition) is 1. The Kier molecular flexibility index (Phi) is 6.98. The van der Waals surface area contributed by atoms with Crippen molar-refractivity contribution in [3.8, 4) is 0 Å². The van der Waals surface area contributed by atoms with Gasteiger partial charge in [-0.05, 0) is 37.6 Å². The van der Waals surface area contributed by atoms with Crippen LogP contribution in [0.4, 0.5) is 0 Å². The third-order valence-corrected chi connectivity index (χ3v) is 2.26. The Balaban J connectivity index is 0.00000169. The van der Waals surface area contributed by atoms with E-state index in [-0.39, 0.29) is 12.4 Å². The highest BCUT2D eigenvalue weighted by atomic mass is 35.5. The summed E-state index contributed by atoms with van der Waals surface area (Å²) in [7, 11) is 0. The minimum Gasteiger partial charge on any atom is -0.314 e. The number of benzene rings is 1. The second-order valence-corrected chi connectivity index (χ2v) is 3.73. The lowest BCUT2D eigenvalue weighted by atomic mass is 10.1. The molecule has 0 spiro atoms. The second-order valence-electron chi connectivity index (χ2n) is 3.29. The first-order chi connectivity index (χ1) is 6.22. The fourth-order valence-electron chi connectivity index (χ4n) is 1.39.